The Labute approximate surface area is 158 Å². The minimum absolute atomic E-state index is 0.0568. The molecule has 3 unspecified atom stereocenters. The van der Waals surface area contributed by atoms with E-state index >= 15 is 0 Å². The summed E-state index contributed by atoms with van der Waals surface area (Å²) < 4.78 is 5.32. The number of amides is 2. The highest BCUT2D eigenvalue weighted by molar-refractivity contribution is 5.83. The minimum Gasteiger partial charge on any atom is -0.480 e. The molecular weight excluding hydrogens is 354 g/mol. The molecule has 2 amide bonds. The van der Waals surface area contributed by atoms with E-state index < -0.39 is 30.2 Å². The molecule has 6 N–H and O–H groups in total. The van der Waals surface area contributed by atoms with Crippen molar-refractivity contribution in [3.8, 4) is 0 Å². The number of aliphatic hydroxyl groups excluding tert-OH is 1. The molecule has 10 nitrogen and oxygen atoms in total. The molecule has 0 spiro atoms. The fourth-order valence-electron chi connectivity index (χ4n) is 2.41. The smallest absolute Gasteiger partial charge is 0.328 e. The average Bonchev–Trinajstić information content (AvgIpc) is 3.11. The molecule has 0 radical (unpaired) electrons. The predicted molar refractivity (Wildman–Crippen MR) is 97.6 cm³/mol. The Morgan fingerprint density at radius 3 is 2.22 bits per heavy atom. The van der Waals surface area contributed by atoms with Crippen LogP contribution >= 0.6 is 0 Å². The number of carbonyl (C=O) groups is 2. The van der Waals surface area contributed by atoms with Crippen molar-refractivity contribution < 1.29 is 24.3 Å². The fraction of sp³-hybridized carbons (Fsp3) is 0.765. The summed E-state index contributed by atoms with van der Waals surface area (Å²) in [6.07, 6.45) is 0.314. The number of nitrogens with one attached hydrogen (secondary N) is 2. The van der Waals surface area contributed by atoms with E-state index in [1.54, 1.807) is 0 Å². The van der Waals surface area contributed by atoms with E-state index in [9.17, 15) is 14.7 Å². The molecular formula is C17H31N5O5. The van der Waals surface area contributed by atoms with Gasteiger partial charge in [0.15, 0.2) is 11.9 Å². The number of nitrogens with two attached hydrogens (primary N) is 1. The molecule has 1 aromatic rings. The number of aliphatic hydroxyl groups is 1. The molecule has 6 atom stereocenters. The zero-order chi connectivity index (χ0) is 20.7. The van der Waals surface area contributed by atoms with Gasteiger partial charge in [0.2, 0.25) is 5.89 Å². The molecule has 1 aromatic heterocycles. The average molecular weight is 385 g/mol. The van der Waals surface area contributed by atoms with E-state index in [-0.39, 0.29) is 23.8 Å². The molecule has 0 aliphatic rings. The number of carboxylic acids is 1. The number of hydrogen-bond donors (Lipinski definition) is 5. The third-order valence-corrected chi connectivity index (χ3v) is 4.81. The van der Waals surface area contributed by atoms with E-state index in [1.165, 1.54) is 6.92 Å². The fourth-order valence-corrected chi connectivity index (χ4v) is 2.41. The lowest BCUT2D eigenvalue weighted by Crippen LogP contribution is -2.52. The van der Waals surface area contributed by atoms with Gasteiger partial charge in [-0.3, -0.25) is 0 Å². The van der Waals surface area contributed by atoms with Crippen molar-refractivity contribution in [1.82, 2.24) is 20.8 Å². The Hall–Kier alpha value is -2.20. The van der Waals surface area contributed by atoms with Crippen molar-refractivity contribution in [1.29, 1.82) is 0 Å². The molecule has 0 saturated heterocycles. The lowest BCUT2D eigenvalue weighted by molar-refractivity contribution is -0.141. The topological polar surface area (TPSA) is 164 Å². The van der Waals surface area contributed by atoms with E-state index in [4.69, 9.17) is 15.4 Å². The minimum atomic E-state index is -1.43. The maximum absolute atomic E-state index is 12.3. The molecule has 0 bridgehead atoms. The highest BCUT2D eigenvalue weighted by Crippen LogP contribution is 2.26. The van der Waals surface area contributed by atoms with Gasteiger partial charge in [0.05, 0.1) is 12.1 Å². The van der Waals surface area contributed by atoms with Crippen LogP contribution in [0.25, 0.3) is 0 Å². The van der Waals surface area contributed by atoms with E-state index in [0.29, 0.717) is 12.2 Å². The lowest BCUT2D eigenvalue weighted by Gasteiger charge is -2.23. The summed E-state index contributed by atoms with van der Waals surface area (Å²) in [6.45, 7) is 9.12. The van der Waals surface area contributed by atoms with Crippen molar-refractivity contribution in [2.75, 3.05) is 0 Å². The number of carbonyl (C=O) groups excluding carboxylic acids is 1. The first-order valence-corrected chi connectivity index (χ1v) is 9.19. The van der Waals surface area contributed by atoms with Crippen LogP contribution in [-0.4, -0.2) is 44.5 Å². The number of hydrogen-bond acceptors (Lipinski definition) is 7. The van der Waals surface area contributed by atoms with Gasteiger partial charge in [-0.25, -0.2) is 9.59 Å². The number of aromatic nitrogens is 2. The van der Waals surface area contributed by atoms with Crippen LogP contribution in [0.2, 0.25) is 0 Å². The molecule has 0 saturated carbocycles. The van der Waals surface area contributed by atoms with Gasteiger partial charge in [-0.15, -0.1) is 0 Å². The summed E-state index contributed by atoms with van der Waals surface area (Å²) >= 11 is 0. The monoisotopic (exact) mass is 385 g/mol. The van der Waals surface area contributed by atoms with E-state index in [0.717, 1.165) is 6.42 Å². The molecule has 0 aromatic carbocycles. The highest BCUT2D eigenvalue weighted by Gasteiger charge is 2.31. The van der Waals surface area contributed by atoms with Crippen LogP contribution in [-0.2, 0) is 4.79 Å². The van der Waals surface area contributed by atoms with Crippen LogP contribution in [0.15, 0.2) is 4.52 Å². The van der Waals surface area contributed by atoms with Crippen molar-refractivity contribution in [3.05, 3.63) is 11.7 Å². The standard InChI is InChI=1S/C17H31N5O5/c1-6-8(3)11(18)14-21-15(27-22-14)12(9(4)7-2)19-17(26)20-13(10(5)23)16(24)25/h8-13,23H,6-7,18H2,1-5H3,(H,24,25)(H2,19,20,26)/t8?,9?,10?,11-,12-,13-/m0/s1. The van der Waals surface area contributed by atoms with Crippen LogP contribution in [0.5, 0.6) is 0 Å². The molecule has 0 aliphatic heterocycles. The van der Waals surface area contributed by atoms with Crippen molar-refractivity contribution in [2.45, 2.75) is 71.7 Å². The largest absolute Gasteiger partial charge is 0.480 e. The maximum atomic E-state index is 12.3. The van der Waals surface area contributed by atoms with Crippen LogP contribution in [0, 0.1) is 11.8 Å². The second kappa shape index (κ2) is 10.2. The lowest BCUT2D eigenvalue weighted by atomic mass is 9.98. The third kappa shape index (κ3) is 6.17. The molecule has 10 heteroatoms. The van der Waals surface area contributed by atoms with Gasteiger partial charge in [0.25, 0.3) is 0 Å². The number of urea groups is 1. The first kappa shape index (κ1) is 22.8. The Balaban J connectivity index is 2.96. The van der Waals surface area contributed by atoms with E-state index in [1.807, 2.05) is 27.7 Å². The summed E-state index contributed by atoms with van der Waals surface area (Å²) in [7, 11) is 0. The molecule has 0 aliphatic carbocycles. The summed E-state index contributed by atoms with van der Waals surface area (Å²) in [4.78, 5) is 27.7. The number of carboxylic acid groups (broad SMARTS) is 1. The zero-order valence-corrected chi connectivity index (χ0v) is 16.5. The molecule has 0 fully saturated rings. The zero-order valence-electron chi connectivity index (χ0n) is 16.5. The molecule has 1 rings (SSSR count). The first-order valence-electron chi connectivity index (χ1n) is 9.19. The van der Waals surface area contributed by atoms with Gasteiger partial charge >= 0.3 is 12.0 Å². The van der Waals surface area contributed by atoms with Crippen molar-refractivity contribution in [3.63, 3.8) is 0 Å². The summed E-state index contributed by atoms with van der Waals surface area (Å²) in [5.74, 6) is -0.658. The second-order valence-electron chi connectivity index (χ2n) is 6.94. The normalized spacial score (nSPS) is 18.0. The first-order chi connectivity index (χ1) is 12.6. The second-order valence-corrected chi connectivity index (χ2v) is 6.94. The van der Waals surface area contributed by atoms with E-state index in [2.05, 4.69) is 20.8 Å². The van der Waals surface area contributed by atoms with Gasteiger partial charge in [0, 0.05) is 0 Å². The van der Waals surface area contributed by atoms with Gasteiger partial charge in [-0.2, -0.15) is 4.98 Å². The quantitative estimate of drug-likeness (QED) is 0.402. The Morgan fingerprint density at radius 2 is 1.74 bits per heavy atom. The molecule has 154 valence electrons. The van der Waals surface area contributed by atoms with Gasteiger partial charge in [-0.05, 0) is 18.8 Å². The number of nitrogens with zero attached hydrogens (tertiary/aromatic N) is 2. The van der Waals surface area contributed by atoms with Crippen LogP contribution in [0.3, 0.4) is 0 Å². The number of rotatable bonds is 10. The molecule has 27 heavy (non-hydrogen) atoms. The SMILES string of the molecule is CCC(C)[C@H](N)c1noc([C@@H](NC(=O)N[C@H](C(=O)O)C(C)O)C(C)CC)n1. The Morgan fingerprint density at radius 1 is 1.15 bits per heavy atom. The Bertz CT molecular complexity index is 621. The highest BCUT2D eigenvalue weighted by atomic mass is 16.5. The van der Waals surface area contributed by atoms with Crippen LogP contribution < -0.4 is 16.4 Å². The van der Waals surface area contributed by atoms with Gasteiger partial charge in [0.1, 0.15) is 6.04 Å². The maximum Gasteiger partial charge on any atom is 0.328 e. The predicted octanol–water partition coefficient (Wildman–Crippen LogP) is 1.34. The Kier molecular flexibility index (Phi) is 8.64. The van der Waals surface area contributed by atoms with Crippen molar-refractivity contribution in [2.24, 2.45) is 17.6 Å². The molecule has 1 heterocycles. The van der Waals surface area contributed by atoms with Crippen LogP contribution in [0.4, 0.5) is 4.79 Å². The summed E-state index contributed by atoms with van der Waals surface area (Å²) in [6, 6.07) is -3.19. The summed E-state index contributed by atoms with van der Waals surface area (Å²) in [5, 5.41) is 27.4. The van der Waals surface area contributed by atoms with Gasteiger partial charge < -0.3 is 31.1 Å². The summed E-state index contributed by atoms with van der Waals surface area (Å²) in [5.41, 5.74) is 6.13. The van der Waals surface area contributed by atoms with Gasteiger partial charge in [-0.1, -0.05) is 45.7 Å². The van der Waals surface area contributed by atoms with Crippen molar-refractivity contribution >= 4 is 12.0 Å². The van der Waals surface area contributed by atoms with Crippen LogP contribution in [0.1, 0.15) is 71.3 Å². The number of aliphatic carboxylic acids is 1. The third-order valence-electron chi connectivity index (χ3n) is 4.81.